The molecule has 144 valence electrons. The zero-order valence-corrected chi connectivity index (χ0v) is 15.8. The van der Waals surface area contributed by atoms with E-state index in [0.29, 0.717) is 18.8 Å². The Balaban J connectivity index is 1.49. The summed E-state index contributed by atoms with van der Waals surface area (Å²) in [6.07, 6.45) is 6.00. The van der Waals surface area contributed by atoms with Gasteiger partial charge in [-0.2, -0.15) is 0 Å². The zero-order chi connectivity index (χ0) is 19.2. The molecule has 0 N–H and O–H groups in total. The first-order chi connectivity index (χ1) is 13.8. The van der Waals surface area contributed by atoms with Crippen LogP contribution < -0.4 is 0 Å². The number of carbonyl (C=O) groups excluding carboxylic acids is 1. The lowest BCUT2D eigenvalue weighted by molar-refractivity contribution is 0.0719. The van der Waals surface area contributed by atoms with Crippen molar-refractivity contribution >= 4 is 5.91 Å². The molecule has 3 heterocycles. The molecule has 3 aromatic rings. The molecule has 0 spiro atoms. The molecule has 0 radical (unpaired) electrons. The Labute approximate surface area is 164 Å². The summed E-state index contributed by atoms with van der Waals surface area (Å²) in [7, 11) is 0. The van der Waals surface area contributed by atoms with E-state index in [4.69, 9.17) is 0 Å². The summed E-state index contributed by atoms with van der Waals surface area (Å²) < 4.78 is 1.74. The number of likely N-dealkylation sites (tertiary alicyclic amines) is 1. The van der Waals surface area contributed by atoms with Gasteiger partial charge in [-0.15, -0.1) is 5.10 Å². The van der Waals surface area contributed by atoms with Crippen LogP contribution in [0.2, 0.25) is 0 Å². The number of rotatable bonds is 7. The highest BCUT2D eigenvalue weighted by molar-refractivity contribution is 5.92. The Hall–Kier alpha value is -3.06. The van der Waals surface area contributed by atoms with Crippen LogP contribution in [0.25, 0.3) is 5.69 Å². The molecule has 1 aliphatic heterocycles. The number of pyridine rings is 1. The lowest BCUT2D eigenvalue weighted by Gasteiger charge is -2.24. The van der Waals surface area contributed by atoms with Crippen molar-refractivity contribution in [3.05, 3.63) is 72.3 Å². The number of amides is 1. The van der Waals surface area contributed by atoms with Gasteiger partial charge in [-0.1, -0.05) is 29.5 Å². The van der Waals surface area contributed by atoms with E-state index in [1.54, 1.807) is 16.9 Å². The molecular weight excluding hydrogens is 352 g/mol. The van der Waals surface area contributed by atoms with Crippen molar-refractivity contribution in [1.82, 2.24) is 29.8 Å². The standard InChI is InChI=1S/C21H24N6O/c28-21(20-10-4-5-11-22-20)26(15-14-25-12-6-7-13-25)16-18-17-27(24-23-18)19-8-2-1-3-9-19/h1-5,8-11,17H,6-7,12-16H2. The quantitative estimate of drug-likeness (QED) is 0.633. The van der Waals surface area contributed by atoms with Gasteiger partial charge in [0.2, 0.25) is 0 Å². The third kappa shape index (κ3) is 4.43. The molecule has 0 unspecified atom stereocenters. The van der Waals surface area contributed by atoms with E-state index in [1.165, 1.54) is 12.8 Å². The van der Waals surface area contributed by atoms with Gasteiger partial charge in [0.25, 0.3) is 5.91 Å². The average Bonchev–Trinajstić information content (AvgIpc) is 3.44. The molecule has 1 saturated heterocycles. The highest BCUT2D eigenvalue weighted by Crippen LogP contribution is 2.12. The van der Waals surface area contributed by atoms with Crippen molar-refractivity contribution in [2.45, 2.75) is 19.4 Å². The van der Waals surface area contributed by atoms with Crippen LogP contribution in [-0.4, -0.2) is 61.9 Å². The maximum Gasteiger partial charge on any atom is 0.272 e. The van der Waals surface area contributed by atoms with Gasteiger partial charge in [-0.05, 0) is 50.2 Å². The number of aromatic nitrogens is 4. The van der Waals surface area contributed by atoms with Gasteiger partial charge < -0.3 is 9.80 Å². The molecule has 0 saturated carbocycles. The Kier molecular flexibility index (Phi) is 5.72. The van der Waals surface area contributed by atoms with Gasteiger partial charge >= 0.3 is 0 Å². The summed E-state index contributed by atoms with van der Waals surface area (Å²) >= 11 is 0. The largest absolute Gasteiger partial charge is 0.330 e. The Morgan fingerprint density at radius 1 is 1.04 bits per heavy atom. The first kappa shape index (κ1) is 18.3. The first-order valence-corrected chi connectivity index (χ1v) is 9.69. The minimum atomic E-state index is -0.0749. The van der Waals surface area contributed by atoms with Crippen LogP contribution in [0.3, 0.4) is 0 Å². The molecular formula is C21H24N6O. The Morgan fingerprint density at radius 2 is 1.82 bits per heavy atom. The van der Waals surface area contributed by atoms with E-state index >= 15 is 0 Å². The molecule has 28 heavy (non-hydrogen) atoms. The van der Waals surface area contributed by atoms with Crippen molar-refractivity contribution in [2.24, 2.45) is 0 Å². The van der Waals surface area contributed by atoms with E-state index in [2.05, 4.69) is 20.2 Å². The van der Waals surface area contributed by atoms with Crippen molar-refractivity contribution in [3.63, 3.8) is 0 Å². The van der Waals surface area contributed by atoms with Gasteiger partial charge in [-0.3, -0.25) is 9.78 Å². The fraction of sp³-hybridized carbons (Fsp3) is 0.333. The van der Waals surface area contributed by atoms with Crippen LogP contribution in [0.5, 0.6) is 0 Å². The van der Waals surface area contributed by atoms with E-state index < -0.39 is 0 Å². The van der Waals surface area contributed by atoms with Gasteiger partial charge in [-0.25, -0.2) is 4.68 Å². The predicted molar refractivity (Wildman–Crippen MR) is 106 cm³/mol. The predicted octanol–water partition coefficient (Wildman–Crippen LogP) is 2.40. The topological polar surface area (TPSA) is 67.2 Å². The highest BCUT2D eigenvalue weighted by atomic mass is 16.2. The molecule has 1 aromatic carbocycles. The summed E-state index contributed by atoms with van der Waals surface area (Å²) in [5, 5.41) is 8.49. The Morgan fingerprint density at radius 3 is 2.57 bits per heavy atom. The first-order valence-electron chi connectivity index (χ1n) is 9.69. The number of hydrogen-bond acceptors (Lipinski definition) is 5. The molecule has 0 aliphatic carbocycles. The minimum Gasteiger partial charge on any atom is -0.330 e. The normalized spacial score (nSPS) is 14.3. The second kappa shape index (κ2) is 8.75. The Bertz CT molecular complexity index is 890. The minimum absolute atomic E-state index is 0.0749. The molecule has 7 heteroatoms. The third-order valence-corrected chi connectivity index (χ3v) is 4.97. The fourth-order valence-corrected chi connectivity index (χ4v) is 3.45. The lowest BCUT2D eigenvalue weighted by Crippen LogP contribution is -2.38. The maximum atomic E-state index is 13.0. The number of nitrogens with zero attached hydrogens (tertiary/aromatic N) is 6. The van der Waals surface area contributed by atoms with Crippen LogP contribution in [0.15, 0.2) is 60.9 Å². The van der Waals surface area contributed by atoms with Gasteiger partial charge in [0.1, 0.15) is 11.4 Å². The number of para-hydroxylation sites is 1. The van der Waals surface area contributed by atoms with E-state index in [0.717, 1.165) is 31.0 Å². The van der Waals surface area contributed by atoms with Crippen molar-refractivity contribution < 1.29 is 4.79 Å². The summed E-state index contributed by atoms with van der Waals surface area (Å²) in [5.41, 5.74) is 2.16. The summed E-state index contributed by atoms with van der Waals surface area (Å²) in [6.45, 7) is 4.14. The van der Waals surface area contributed by atoms with Crippen LogP contribution in [0.4, 0.5) is 0 Å². The molecule has 1 aliphatic rings. The van der Waals surface area contributed by atoms with Gasteiger partial charge in [0.05, 0.1) is 18.4 Å². The highest BCUT2D eigenvalue weighted by Gasteiger charge is 2.21. The van der Waals surface area contributed by atoms with Crippen LogP contribution >= 0.6 is 0 Å². The molecule has 7 nitrogen and oxygen atoms in total. The van der Waals surface area contributed by atoms with E-state index in [-0.39, 0.29) is 5.91 Å². The lowest BCUT2D eigenvalue weighted by atomic mass is 10.3. The molecule has 2 aromatic heterocycles. The SMILES string of the molecule is O=C(c1ccccn1)N(CCN1CCCC1)Cc1cn(-c2ccccc2)nn1. The number of benzene rings is 1. The second-order valence-electron chi connectivity index (χ2n) is 6.98. The second-order valence-corrected chi connectivity index (χ2v) is 6.98. The monoisotopic (exact) mass is 376 g/mol. The van der Waals surface area contributed by atoms with Crippen LogP contribution in [0.1, 0.15) is 29.0 Å². The smallest absolute Gasteiger partial charge is 0.272 e. The summed E-state index contributed by atoms with van der Waals surface area (Å²) in [4.78, 5) is 21.5. The van der Waals surface area contributed by atoms with Crippen molar-refractivity contribution in [1.29, 1.82) is 0 Å². The van der Waals surface area contributed by atoms with Crippen molar-refractivity contribution in [3.8, 4) is 5.69 Å². The van der Waals surface area contributed by atoms with E-state index in [1.807, 2.05) is 53.6 Å². The number of carbonyl (C=O) groups is 1. The fourth-order valence-electron chi connectivity index (χ4n) is 3.45. The average molecular weight is 376 g/mol. The van der Waals surface area contributed by atoms with Gasteiger partial charge in [0.15, 0.2) is 0 Å². The molecule has 1 fully saturated rings. The zero-order valence-electron chi connectivity index (χ0n) is 15.8. The van der Waals surface area contributed by atoms with E-state index in [9.17, 15) is 4.79 Å². The van der Waals surface area contributed by atoms with Crippen LogP contribution in [-0.2, 0) is 6.54 Å². The molecule has 0 bridgehead atoms. The van der Waals surface area contributed by atoms with Gasteiger partial charge in [0, 0.05) is 19.3 Å². The molecule has 0 atom stereocenters. The molecule has 4 rings (SSSR count). The number of hydrogen-bond donors (Lipinski definition) is 0. The third-order valence-electron chi connectivity index (χ3n) is 4.97. The van der Waals surface area contributed by atoms with Crippen molar-refractivity contribution in [2.75, 3.05) is 26.2 Å². The molecule has 1 amide bonds. The van der Waals surface area contributed by atoms with Crippen LogP contribution in [0, 0.1) is 0 Å². The summed E-state index contributed by atoms with van der Waals surface area (Å²) in [5.74, 6) is -0.0749. The maximum absolute atomic E-state index is 13.0. The summed E-state index contributed by atoms with van der Waals surface area (Å²) in [6, 6.07) is 15.2.